The molecule has 8 nitrogen and oxygen atoms in total. The van der Waals surface area contributed by atoms with E-state index in [0.29, 0.717) is 23.9 Å². The highest BCUT2D eigenvalue weighted by atomic mass is 31.2. The molecule has 0 spiro atoms. The van der Waals surface area contributed by atoms with Crippen LogP contribution in [0.25, 0.3) is 0 Å². The van der Waals surface area contributed by atoms with Gasteiger partial charge in [-0.25, -0.2) is 0 Å². The molecule has 1 amide bonds. The maximum Gasteiger partial charge on any atom is 0.268 e. The highest BCUT2D eigenvalue weighted by Gasteiger charge is 2.24. The number of phosphoric ester groups is 1. The van der Waals surface area contributed by atoms with Gasteiger partial charge in [-0.3, -0.25) is 9.36 Å². The number of quaternary nitrogens is 1. The third-order valence-electron chi connectivity index (χ3n) is 12.2. The molecule has 0 bridgehead atoms. The molecule has 0 aromatic carbocycles. The minimum atomic E-state index is -4.57. The topological polar surface area (TPSA) is 108 Å². The SMILES string of the molecule is CCCCCCC/C=C\C/C=C\CCCCCCCCCCCCCC(=O)NC(COP(=O)([O-])OCC[N+](C)(C)C)C(O)CCCCCCCCCCCCCCCCCCC. The van der Waals surface area contributed by atoms with E-state index in [1.165, 1.54) is 186 Å². The molecule has 0 aliphatic heterocycles. The Morgan fingerprint density at radius 1 is 0.565 bits per heavy atom. The Labute approximate surface area is 385 Å². The number of likely N-dealkylation sites (N-methyl/N-ethyl adjacent to an activating group) is 1. The Morgan fingerprint density at radius 2 is 0.935 bits per heavy atom. The van der Waals surface area contributed by atoms with Crippen molar-refractivity contribution in [1.29, 1.82) is 0 Å². The summed E-state index contributed by atoms with van der Waals surface area (Å²) >= 11 is 0. The Morgan fingerprint density at radius 3 is 1.34 bits per heavy atom. The van der Waals surface area contributed by atoms with Crippen molar-refractivity contribution in [2.24, 2.45) is 0 Å². The fourth-order valence-electron chi connectivity index (χ4n) is 7.95. The molecule has 0 radical (unpaired) electrons. The standard InChI is InChI=1S/C53H105N2O6P/c1-6-8-10-12-14-16-18-20-22-24-25-26-27-28-29-31-33-35-37-39-41-43-45-47-53(57)54-51(50-61-62(58,59)60-49-48-55(3,4)5)52(56)46-44-42-40-38-36-34-32-30-23-21-19-17-15-13-11-9-7-2/h18,20,24-25,51-52,56H,6-17,19,21-23,26-50H2,1-5H3,(H-,54,57,58,59)/b20-18-,25-24-. The number of phosphoric acid groups is 1. The van der Waals surface area contributed by atoms with Crippen LogP contribution in [0.15, 0.2) is 24.3 Å². The highest BCUT2D eigenvalue weighted by molar-refractivity contribution is 7.45. The molecule has 0 rings (SSSR count). The average molecular weight is 897 g/mol. The van der Waals surface area contributed by atoms with Gasteiger partial charge in [0.15, 0.2) is 0 Å². The quantitative estimate of drug-likeness (QED) is 0.0273. The Balaban J connectivity index is 4.21. The number of carbonyl (C=O) groups excluding carboxylic acids is 1. The van der Waals surface area contributed by atoms with Gasteiger partial charge in [-0.2, -0.15) is 0 Å². The molecule has 3 atom stereocenters. The number of carbonyl (C=O) groups is 1. The van der Waals surface area contributed by atoms with E-state index in [1.807, 2.05) is 21.1 Å². The van der Waals surface area contributed by atoms with Crippen LogP contribution in [0, 0.1) is 0 Å². The van der Waals surface area contributed by atoms with Gasteiger partial charge in [0.2, 0.25) is 5.91 Å². The number of aliphatic hydroxyl groups is 1. The molecule has 0 fully saturated rings. The number of unbranched alkanes of at least 4 members (excludes halogenated alkanes) is 32. The van der Waals surface area contributed by atoms with Gasteiger partial charge < -0.3 is 28.8 Å². The second-order valence-electron chi connectivity index (χ2n) is 19.6. The number of hydrogen-bond acceptors (Lipinski definition) is 6. The van der Waals surface area contributed by atoms with Gasteiger partial charge in [-0.15, -0.1) is 0 Å². The van der Waals surface area contributed by atoms with Crippen LogP contribution in [0.3, 0.4) is 0 Å². The number of nitrogens with zero attached hydrogens (tertiary/aromatic N) is 1. The van der Waals surface area contributed by atoms with E-state index >= 15 is 0 Å². The smallest absolute Gasteiger partial charge is 0.268 e. The van der Waals surface area contributed by atoms with Crippen LogP contribution in [0.5, 0.6) is 0 Å². The van der Waals surface area contributed by atoms with Crippen LogP contribution in [0.1, 0.15) is 258 Å². The summed E-state index contributed by atoms with van der Waals surface area (Å²) in [5.74, 6) is -0.164. The van der Waals surface area contributed by atoms with Crippen molar-refractivity contribution in [1.82, 2.24) is 5.32 Å². The Kier molecular flexibility index (Phi) is 44.4. The van der Waals surface area contributed by atoms with E-state index in [1.54, 1.807) is 0 Å². The molecule has 0 saturated heterocycles. The summed E-state index contributed by atoms with van der Waals surface area (Å²) in [4.78, 5) is 25.5. The fraction of sp³-hybridized carbons (Fsp3) is 0.906. The number of allylic oxidation sites excluding steroid dienone is 4. The first-order valence-electron chi connectivity index (χ1n) is 26.7. The number of aliphatic hydroxyl groups excluding tert-OH is 1. The van der Waals surface area contributed by atoms with Crippen LogP contribution in [0.4, 0.5) is 0 Å². The van der Waals surface area contributed by atoms with E-state index < -0.39 is 20.0 Å². The molecule has 9 heteroatoms. The number of hydrogen-bond donors (Lipinski definition) is 2. The first kappa shape index (κ1) is 61.0. The van der Waals surface area contributed by atoms with Crippen LogP contribution in [0.2, 0.25) is 0 Å². The van der Waals surface area contributed by atoms with Crippen molar-refractivity contribution in [2.75, 3.05) is 40.9 Å². The lowest BCUT2D eigenvalue weighted by Gasteiger charge is -2.30. The monoisotopic (exact) mass is 897 g/mol. The minimum absolute atomic E-state index is 0.0130. The fourth-order valence-corrected chi connectivity index (χ4v) is 8.68. The third kappa shape index (κ3) is 47.0. The zero-order valence-corrected chi connectivity index (χ0v) is 42.7. The largest absolute Gasteiger partial charge is 0.756 e. The molecule has 62 heavy (non-hydrogen) atoms. The zero-order valence-electron chi connectivity index (χ0n) is 41.8. The molecule has 0 aromatic rings. The molecule has 0 aliphatic rings. The van der Waals surface area contributed by atoms with Gasteiger partial charge >= 0.3 is 0 Å². The molecule has 3 unspecified atom stereocenters. The lowest BCUT2D eigenvalue weighted by atomic mass is 10.0. The van der Waals surface area contributed by atoms with Gasteiger partial charge in [0.25, 0.3) is 7.82 Å². The lowest BCUT2D eigenvalue weighted by Crippen LogP contribution is -2.46. The van der Waals surface area contributed by atoms with Crippen LogP contribution in [-0.4, -0.2) is 68.5 Å². The van der Waals surface area contributed by atoms with Crippen molar-refractivity contribution in [3.63, 3.8) is 0 Å². The van der Waals surface area contributed by atoms with Gasteiger partial charge in [0.05, 0.1) is 39.9 Å². The van der Waals surface area contributed by atoms with Crippen molar-refractivity contribution in [3.8, 4) is 0 Å². The second kappa shape index (κ2) is 45.1. The Bertz CT molecular complexity index is 1060. The lowest BCUT2D eigenvalue weighted by molar-refractivity contribution is -0.870. The highest BCUT2D eigenvalue weighted by Crippen LogP contribution is 2.38. The summed E-state index contributed by atoms with van der Waals surface area (Å²) in [6.07, 6.45) is 54.7. The average Bonchev–Trinajstić information content (AvgIpc) is 3.23. The van der Waals surface area contributed by atoms with Crippen LogP contribution in [-0.2, 0) is 18.4 Å². The van der Waals surface area contributed by atoms with Crippen molar-refractivity contribution < 1.29 is 32.9 Å². The third-order valence-corrected chi connectivity index (χ3v) is 13.2. The first-order valence-corrected chi connectivity index (χ1v) is 28.1. The molecule has 2 N–H and O–H groups in total. The first-order chi connectivity index (χ1) is 30.0. The normalized spacial score (nSPS) is 14.2. The predicted molar refractivity (Wildman–Crippen MR) is 265 cm³/mol. The van der Waals surface area contributed by atoms with Crippen molar-refractivity contribution in [3.05, 3.63) is 24.3 Å². The summed E-state index contributed by atoms with van der Waals surface area (Å²) in [5, 5.41) is 14.0. The maximum atomic E-state index is 12.9. The summed E-state index contributed by atoms with van der Waals surface area (Å²) in [6.45, 7) is 4.74. The van der Waals surface area contributed by atoms with Gasteiger partial charge in [-0.1, -0.05) is 231 Å². The molecule has 0 aliphatic carbocycles. The molecule has 368 valence electrons. The van der Waals surface area contributed by atoms with Gasteiger partial charge in [0, 0.05) is 6.42 Å². The zero-order chi connectivity index (χ0) is 45.7. The summed E-state index contributed by atoms with van der Waals surface area (Å²) in [7, 11) is 1.31. The van der Waals surface area contributed by atoms with Gasteiger partial charge in [0.1, 0.15) is 13.2 Å². The predicted octanol–water partition coefficient (Wildman–Crippen LogP) is 15.0. The number of amides is 1. The molecule has 0 aromatic heterocycles. The molecular weight excluding hydrogens is 792 g/mol. The van der Waals surface area contributed by atoms with E-state index in [4.69, 9.17) is 9.05 Å². The summed E-state index contributed by atoms with van der Waals surface area (Å²) < 4.78 is 23.4. The molecule has 0 heterocycles. The number of rotatable bonds is 49. The van der Waals surface area contributed by atoms with Gasteiger partial charge in [-0.05, 0) is 44.9 Å². The van der Waals surface area contributed by atoms with E-state index in [9.17, 15) is 19.4 Å². The maximum absolute atomic E-state index is 12.9. The summed E-state index contributed by atoms with van der Waals surface area (Å²) in [6, 6.07) is -0.800. The van der Waals surface area contributed by atoms with Crippen molar-refractivity contribution >= 4 is 13.7 Å². The molecule has 0 saturated carbocycles. The number of nitrogens with one attached hydrogen (secondary N) is 1. The summed E-state index contributed by atoms with van der Waals surface area (Å²) in [5.41, 5.74) is 0. The van der Waals surface area contributed by atoms with E-state index in [0.717, 1.165) is 44.9 Å². The minimum Gasteiger partial charge on any atom is -0.756 e. The Hall–Kier alpha value is -1.02. The van der Waals surface area contributed by atoms with Crippen LogP contribution < -0.4 is 10.2 Å². The van der Waals surface area contributed by atoms with E-state index in [-0.39, 0.29) is 19.1 Å². The van der Waals surface area contributed by atoms with E-state index in [2.05, 4.69) is 43.5 Å². The van der Waals surface area contributed by atoms with Crippen LogP contribution >= 0.6 is 7.82 Å². The molecular formula is C53H105N2O6P. The second-order valence-corrected chi connectivity index (χ2v) is 21.0. The van der Waals surface area contributed by atoms with Crippen molar-refractivity contribution in [2.45, 2.75) is 270 Å².